The van der Waals surface area contributed by atoms with Gasteiger partial charge in [0.05, 0.1) is 0 Å². The van der Waals surface area contributed by atoms with Gasteiger partial charge in [-0.1, -0.05) is 12.1 Å². The second-order valence-corrected chi connectivity index (χ2v) is 3.53. The van der Waals surface area contributed by atoms with Crippen LogP contribution in [0.4, 0.5) is 0 Å². The first-order valence-corrected chi connectivity index (χ1v) is 5.07. The zero-order valence-corrected chi connectivity index (χ0v) is 8.75. The van der Waals surface area contributed by atoms with Crippen molar-refractivity contribution in [3.05, 3.63) is 36.0 Å². The number of benzene rings is 1. The van der Waals surface area contributed by atoms with Crippen molar-refractivity contribution >= 4 is 10.9 Å². The summed E-state index contributed by atoms with van der Waals surface area (Å²) in [5, 5.41) is 4.49. The van der Waals surface area contributed by atoms with E-state index in [4.69, 9.17) is 0 Å². The maximum Gasteiger partial charge on any atom is 0.0483 e. The van der Waals surface area contributed by atoms with Crippen LogP contribution in [0.3, 0.4) is 0 Å². The standard InChI is InChI=1S/C12H16N2/c1-3-14-7-6-11-5-4-10(9-13-2)8-12(11)14/h4-8,13H,3,9H2,1-2H3. The van der Waals surface area contributed by atoms with Gasteiger partial charge in [-0.25, -0.2) is 0 Å². The number of nitrogens with zero attached hydrogens (tertiary/aromatic N) is 1. The lowest BCUT2D eigenvalue weighted by molar-refractivity contribution is 0.792. The monoisotopic (exact) mass is 188 g/mol. The van der Waals surface area contributed by atoms with E-state index in [2.05, 4.69) is 47.3 Å². The van der Waals surface area contributed by atoms with E-state index in [1.165, 1.54) is 16.5 Å². The Morgan fingerprint density at radius 3 is 2.86 bits per heavy atom. The number of aromatic nitrogens is 1. The molecule has 0 fully saturated rings. The minimum absolute atomic E-state index is 0.935. The molecule has 0 saturated heterocycles. The molecule has 0 amide bonds. The van der Waals surface area contributed by atoms with Crippen LogP contribution < -0.4 is 5.32 Å². The van der Waals surface area contributed by atoms with Gasteiger partial charge in [0.25, 0.3) is 0 Å². The van der Waals surface area contributed by atoms with Gasteiger partial charge in [0.15, 0.2) is 0 Å². The first kappa shape index (κ1) is 9.28. The number of rotatable bonds is 3. The average Bonchev–Trinajstić information content (AvgIpc) is 2.60. The third-order valence-corrected chi connectivity index (χ3v) is 2.56. The lowest BCUT2D eigenvalue weighted by atomic mass is 10.1. The van der Waals surface area contributed by atoms with E-state index in [1.807, 2.05) is 7.05 Å². The molecular weight excluding hydrogens is 172 g/mol. The molecule has 1 aromatic heterocycles. The van der Waals surface area contributed by atoms with Gasteiger partial charge in [0.1, 0.15) is 0 Å². The Hall–Kier alpha value is -1.28. The number of fused-ring (bicyclic) bond motifs is 1. The third-order valence-electron chi connectivity index (χ3n) is 2.56. The van der Waals surface area contributed by atoms with Crippen LogP contribution in [-0.4, -0.2) is 11.6 Å². The van der Waals surface area contributed by atoms with Crippen LogP contribution >= 0.6 is 0 Å². The molecule has 0 spiro atoms. The number of aryl methyl sites for hydroxylation is 1. The van der Waals surface area contributed by atoms with Crippen molar-refractivity contribution in [2.75, 3.05) is 7.05 Å². The summed E-state index contributed by atoms with van der Waals surface area (Å²) in [4.78, 5) is 0. The van der Waals surface area contributed by atoms with Crippen molar-refractivity contribution < 1.29 is 0 Å². The highest BCUT2D eigenvalue weighted by atomic mass is 14.9. The van der Waals surface area contributed by atoms with Crippen molar-refractivity contribution in [1.29, 1.82) is 0 Å². The second kappa shape index (κ2) is 3.84. The Morgan fingerprint density at radius 1 is 1.29 bits per heavy atom. The maximum atomic E-state index is 3.17. The predicted molar refractivity (Wildman–Crippen MR) is 60.4 cm³/mol. The molecular formula is C12H16N2. The van der Waals surface area contributed by atoms with E-state index >= 15 is 0 Å². The second-order valence-electron chi connectivity index (χ2n) is 3.53. The summed E-state index contributed by atoms with van der Waals surface area (Å²) in [6.45, 7) is 4.14. The minimum atomic E-state index is 0.935. The summed E-state index contributed by atoms with van der Waals surface area (Å²) >= 11 is 0. The molecule has 1 aromatic carbocycles. The molecule has 1 N–H and O–H groups in total. The van der Waals surface area contributed by atoms with E-state index in [-0.39, 0.29) is 0 Å². The van der Waals surface area contributed by atoms with Gasteiger partial charge < -0.3 is 9.88 Å². The van der Waals surface area contributed by atoms with Crippen LogP contribution in [0.5, 0.6) is 0 Å². The quantitative estimate of drug-likeness (QED) is 0.782. The van der Waals surface area contributed by atoms with Crippen molar-refractivity contribution in [2.24, 2.45) is 0 Å². The Kier molecular flexibility index (Phi) is 2.55. The largest absolute Gasteiger partial charge is 0.348 e. The lowest BCUT2D eigenvalue weighted by Crippen LogP contribution is -2.04. The summed E-state index contributed by atoms with van der Waals surface area (Å²) in [5.74, 6) is 0. The molecule has 0 atom stereocenters. The van der Waals surface area contributed by atoms with Gasteiger partial charge in [-0.05, 0) is 37.1 Å². The SMILES string of the molecule is CCn1ccc2ccc(CNC)cc21. The van der Waals surface area contributed by atoms with Crippen LogP contribution in [0.1, 0.15) is 12.5 Å². The molecule has 1 heterocycles. The van der Waals surface area contributed by atoms with E-state index in [1.54, 1.807) is 0 Å². The van der Waals surface area contributed by atoms with Gasteiger partial charge in [0.2, 0.25) is 0 Å². The molecule has 2 aromatic rings. The average molecular weight is 188 g/mol. The molecule has 0 aliphatic rings. The van der Waals surface area contributed by atoms with E-state index in [9.17, 15) is 0 Å². The van der Waals surface area contributed by atoms with Crippen LogP contribution in [0, 0.1) is 0 Å². The van der Waals surface area contributed by atoms with E-state index in [0.29, 0.717) is 0 Å². The van der Waals surface area contributed by atoms with Crippen LogP contribution in [0.15, 0.2) is 30.5 Å². The molecule has 0 aliphatic carbocycles. The summed E-state index contributed by atoms with van der Waals surface area (Å²) in [5.41, 5.74) is 2.67. The van der Waals surface area contributed by atoms with Crippen molar-refractivity contribution in [3.63, 3.8) is 0 Å². The van der Waals surface area contributed by atoms with Gasteiger partial charge in [0, 0.05) is 24.8 Å². The number of nitrogens with one attached hydrogen (secondary N) is 1. The molecule has 0 aliphatic heterocycles. The first-order chi connectivity index (χ1) is 6.85. The fourth-order valence-corrected chi connectivity index (χ4v) is 1.82. The first-order valence-electron chi connectivity index (χ1n) is 5.07. The minimum Gasteiger partial charge on any atom is -0.348 e. The van der Waals surface area contributed by atoms with Crippen LogP contribution in [-0.2, 0) is 13.1 Å². The highest BCUT2D eigenvalue weighted by molar-refractivity contribution is 5.80. The molecule has 0 saturated carbocycles. The van der Waals surface area contributed by atoms with Gasteiger partial charge in [-0.3, -0.25) is 0 Å². The van der Waals surface area contributed by atoms with E-state index < -0.39 is 0 Å². The fraction of sp³-hybridized carbons (Fsp3) is 0.333. The van der Waals surface area contributed by atoms with Gasteiger partial charge >= 0.3 is 0 Å². The molecule has 14 heavy (non-hydrogen) atoms. The van der Waals surface area contributed by atoms with Crippen LogP contribution in [0.25, 0.3) is 10.9 Å². The predicted octanol–water partition coefficient (Wildman–Crippen LogP) is 2.38. The smallest absolute Gasteiger partial charge is 0.0483 e. The zero-order chi connectivity index (χ0) is 9.97. The zero-order valence-electron chi connectivity index (χ0n) is 8.75. The molecule has 2 nitrogen and oxygen atoms in total. The fourth-order valence-electron chi connectivity index (χ4n) is 1.82. The molecule has 2 rings (SSSR count). The highest BCUT2D eigenvalue weighted by Crippen LogP contribution is 2.17. The van der Waals surface area contributed by atoms with Crippen LogP contribution in [0.2, 0.25) is 0 Å². The van der Waals surface area contributed by atoms with Gasteiger partial charge in [-0.2, -0.15) is 0 Å². The third kappa shape index (κ3) is 1.53. The van der Waals surface area contributed by atoms with Crippen molar-refractivity contribution in [2.45, 2.75) is 20.0 Å². The Bertz CT molecular complexity index is 429. The summed E-state index contributed by atoms with van der Waals surface area (Å²) in [7, 11) is 1.98. The van der Waals surface area contributed by atoms with Crippen molar-refractivity contribution in [3.8, 4) is 0 Å². The highest BCUT2D eigenvalue weighted by Gasteiger charge is 2.00. The summed E-state index contributed by atoms with van der Waals surface area (Å²) < 4.78 is 2.27. The Balaban J connectivity index is 2.50. The lowest BCUT2D eigenvalue weighted by Gasteiger charge is -2.03. The molecule has 74 valence electrons. The Labute approximate surface area is 84.5 Å². The summed E-state index contributed by atoms with van der Waals surface area (Å²) in [6, 6.07) is 8.80. The topological polar surface area (TPSA) is 17.0 Å². The number of hydrogen-bond acceptors (Lipinski definition) is 1. The normalized spacial score (nSPS) is 11.0. The van der Waals surface area contributed by atoms with Gasteiger partial charge in [-0.15, -0.1) is 0 Å². The molecule has 0 bridgehead atoms. The van der Waals surface area contributed by atoms with E-state index in [0.717, 1.165) is 13.1 Å². The number of hydrogen-bond donors (Lipinski definition) is 1. The van der Waals surface area contributed by atoms with Crippen molar-refractivity contribution in [1.82, 2.24) is 9.88 Å². The molecule has 2 heteroatoms. The Morgan fingerprint density at radius 2 is 2.14 bits per heavy atom. The molecule has 0 unspecified atom stereocenters. The maximum absolute atomic E-state index is 3.17. The summed E-state index contributed by atoms with van der Waals surface area (Å²) in [6.07, 6.45) is 2.15. The molecule has 0 radical (unpaired) electrons.